The van der Waals surface area contributed by atoms with E-state index in [9.17, 15) is 14.4 Å². The fraction of sp³-hybridized carbons (Fsp3) is 0.727. The summed E-state index contributed by atoms with van der Waals surface area (Å²) in [5.74, 6) is -2.36. The van der Waals surface area contributed by atoms with Crippen molar-refractivity contribution < 1.29 is 29.3 Å². The third-order valence-corrected chi connectivity index (χ3v) is 2.31. The molecule has 0 aliphatic carbocycles. The molecule has 1 atom stereocenters. The number of carboxylic acids is 2. The summed E-state index contributed by atoms with van der Waals surface area (Å²) in [6, 6.07) is -1.81. The Hall–Kier alpha value is -1.83. The van der Waals surface area contributed by atoms with E-state index in [1.807, 2.05) is 0 Å². The first kappa shape index (κ1) is 17.2. The van der Waals surface area contributed by atoms with Gasteiger partial charge in [0, 0.05) is 26.7 Å². The molecule has 0 aliphatic rings. The molecule has 8 nitrogen and oxygen atoms in total. The molecule has 0 aromatic heterocycles. The van der Waals surface area contributed by atoms with Crippen molar-refractivity contribution in [2.24, 2.45) is 0 Å². The Balaban J connectivity index is 3.90. The minimum Gasteiger partial charge on any atom is -0.481 e. The SMILES string of the molecule is COCCCCNC(=O)N[C@@H](CCC(=O)O)C(=O)O. The molecule has 0 unspecified atom stereocenters. The van der Waals surface area contributed by atoms with Gasteiger partial charge < -0.3 is 25.6 Å². The van der Waals surface area contributed by atoms with Crippen LogP contribution in [0.25, 0.3) is 0 Å². The van der Waals surface area contributed by atoms with E-state index in [1.54, 1.807) is 7.11 Å². The number of carbonyl (C=O) groups is 3. The molecule has 19 heavy (non-hydrogen) atoms. The van der Waals surface area contributed by atoms with Gasteiger partial charge in [0.1, 0.15) is 6.04 Å². The molecule has 0 heterocycles. The summed E-state index contributed by atoms with van der Waals surface area (Å²) in [6.45, 7) is 1.00. The van der Waals surface area contributed by atoms with Gasteiger partial charge in [-0.2, -0.15) is 0 Å². The number of aliphatic carboxylic acids is 2. The summed E-state index contributed by atoms with van der Waals surface area (Å²) in [5.41, 5.74) is 0. The summed E-state index contributed by atoms with van der Waals surface area (Å²) < 4.78 is 4.84. The zero-order valence-corrected chi connectivity index (χ0v) is 10.8. The van der Waals surface area contributed by atoms with E-state index in [0.29, 0.717) is 19.6 Å². The molecule has 0 bridgehead atoms. The molecule has 0 radical (unpaired) electrons. The van der Waals surface area contributed by atoms with Gasteiger partial charge in [-0.05, 0) is 19.3 Å². The van der Waals surface area contributed by atoms with Gasteiger partial charge in [-0.1, -0.05) is 0 Å². The smallest absolute Gasteiger partial charge is 0.326 e. The van der Waals surface area contributed by atoms with Crippen molar-refractivity contribution in [1.29, 1.82) is 0 Å². The first-order chi connectivity index (χ1) is 8.97. The maximum absolute atomic E-state index is 11.4. The second-order valence-electron chi connectivity index (χ2n) is 3.92. The molecule has 0 aliphatic heterocycles. The van der Waals surface area contributed by atoms with Gasteiger partial charge in [-0.25, -0.2) is 9.59 Å². The van der Waals surface area contributed by atoms with Crippen LogP contribution in [0.15, 0.2) is 0 Å². The molecule has 0 saturated carbocycles. The number of unbranched alkanes of at least 4 members (excludes halogenated alkanes) is 1. The Morgan fingerprint density at radius 3 is 2.42 bits per heavy atom. The highest BCUT2D eigenvalue weighted by Crippen LogP contribution is 1.98. The maximum atomic E-state index is 11.4. The number of nitrogens with one attached hydrogen (secondary N) is 2. The molecule has 0 spiro atoms. The van der Waals surface area contributed by atoms with Crippen molar-refractivity contribution in [3.8, 4) is 0 Å². The predicted molar refractivity (Wildman–Crippen MR) is 65.9 cm³/mol. The van der Waals surface area contributed by atoms with Crippen molar-refractivity contribution in [1.82, 2.24) is 10.6 Å². The molecule has 0 aromatic carbocycles. The number of rotatable bonds is 10. The van der Waals surface area contributed by atoms with Crippen molar-refractivity contribution in [3.05, 3.63) is 0 Å². The summed E-state index contributed by atoms with van der Waals surface area (Å²) in [5, 5.41) is 22.0. The fourth-order valence-corrected chi connectivity index (χ4v) is 1.31. The molecular formula is C11H20N2O6. The van der Waals surface area contributed by atoms with Gasteiger partial charge >= 0.3 is 18.0 Å². The van der Waals surface area contributed by atoms with Crippen LogP contribution in [0.3, 0.4) is 0 Å². The molecule has 0 aromatic rings. The van der Waals surface area contributed by atoms with Gasteiger partial charge in [0.15, 0.2) is 0 Å². The lowest BCUT2D eigenvalue weighted by Gasteiger charge is -2.14. The maximum Gasteiger partial charge on any atom is 0.326 e. The third kappa shape index (κ3) is 9.83. The van der Waals surface area contributed by atoms with E-state index in [2.05, 4.69) is 10.6 Å². The van der Waals surface area contributed by atoms with E-state index in [1.165, 1.54) is 0 Å². The van der Waals surface area contributed by atoms with E-state index in [4.69, 9.17) is 14.9 Å². The molecular weight excluding hydrogens is 256 g/mol. The Morgan fingerprint density at radius 2 is 1.89 bits per heavy atom. The predicted octanol–water partition coefficient (Wildman–Crippen LogP) is 0.0302. The zero-order valence-electron chi connectivity index (χ0n) is 10.8. The number of amides is 2. The summed E-state index contributed by atoms with van der Waals surface area (Å²) in [6.07, 6.45) is 1.04. The minimum atomic E-state index is -1.25. The lowest BCUT2D eigenvalue weighted by molar-refractivity contribution is -0.140. The number of methoxy groups -OCH3 is 1. The number of urea groups is 1. The van der Waals surface area contributed by atoms with Crippen LogP contribution in [0, 0.1) is 0 Å². The Labute approximate surface area is 111 Å². The van der Waals surface area contributed by atoms with Crippen LogP contribution in [0.1, 0.15) is 25.7 Å². The van der Waals surface area contributed by atoms with Crippen LogP contribution in [-0.4, -0.2) is 54.5 Å². The third-order valence-electron chi connectivity index (χ3n) is 2.31. The topological polar surface area (TPSA) is 125 Å². The number of hydrogen-bond donors (Lipinski definition) is 4. The highest BCUT2D eigenvalue weighted by molar-refractivity contribution is 5.82. The van der Waals surface area contributed by atoms with Crippen molar-refractivity contribution in [3.63, 3.8) is 0 Å². The second-order valence-corrected chi connectivity index (χ2v) is 3.92. The van der Waals surface area contributed by atoms with E-state index >= 15 is 0 Å². The van der Waals surface area contributed by atoms with Crippen LogP contribution in [0.5, 0.6) is 0 Å². The van der Waals surface area contributed by atoms with Gasteiger partial charge in [0.05, 0.1) is 0 Å². The Bertz CT molecular complexity index is 308. The van der Waals surface area contributed by atoms with E-state index in [-0.39, 0.29) is 12.8 Å². The van der Waals surface area contributed by atoms with Gasteiger partial charge in [-0.15, -0.1) is 0 Å². The highest BCUT2D eigenvalue weighted by atomic mass is 16.5. The molecule has 110 valence electrons. The van der Waals surface area contributed by atoms with Crippen molar-refractivity contribution >= 4 is 18.0 Å². The van der Waals surface area contributed by atoms with Crippen LogP contribution < -0.4 is 10.6 Å². The lowest BCUT2D eigenvalue weighted by Crippen LogP contribution is -2.46. The average Bonchev–Trinajstić information content (AvgIpc) is 2.33. The summed E-state index contributed by atoms with van der Waals surface area (Å²) >= 11 is 0. The van der Waals surface area contributed by atoms with Gasteiger partial charge in [-0.3, -0.25) is 4.79 Å². The Morgan fingerprint density at radius 1 is 1.21 bits per heavy atom. The number of hydrogen-bond acceptors (Lipinski definition) is 4. The monoisotopic (exact) mass is 276 g/mol. The highest BCUT2D eigenvalue weighted by Gasteiger charge is 2.20. The molecule has 0 fully saturated rings. The molecule has 4 N–H and O–H groups in total. The van der Waals surface area contributed by atoms with Crippen LogP contribution in [0.4, 0.5) is 4.79 Å². The normalized spacial score (nSPS) is 11.6. The minimum absolute atomic E-state index is 0.151. The zero-order chi connectivity index (χ0) is 14.7. The quantitative estimate of drug-likeness (QED) is 0.417. The van der Waals surface area contributed by atoms with Crippen LogP contribution >= 0.6 is 0 Å². The molecule has 8 heteroatoms. The number of carboxylic acid groups (broad SMARTS) is 2. The van der Waals surface area contributed by atoms with Gasteiger partial charge in [0.25, 0.3) is 0 Å². The first-order valence-corrected chi connectivity index (χ1v) is 5.95. The molecule has 2 amide bonds. The van der Waals surface area contributed by atoms with E-state index < -0.39 is 24.0 Å². The number of carbonyl (C=O) groups excluding carboxylic acids is 1. The van der Waals surface area contributed by atoms with Gasteiger partial charge in [0.2, 0.25) is 0 Å². The van der Waals surface area contributed by atoms with Crippen molar-refractivity contribution in [2.45, 2.75) is 31.7 Å². The first-order valence-electron chi connectivity index (χ1n) is 5.95. The summed E-state index contributed by atoms with van der Waals surface area (Å²) in [7, 11) is 1.58. The van der Waals surface area contributed by atoms with Crippen LogP contribution in [-0.2, 0) is 14.3 Å². The standard InChI is InChI=1S/C11H20N2O6/c1-19-7-3-2-6-12-11(18)13-8(10(16)17)4-5-9(14)15/h8H,2-7H2,1H3,(H,14,15)(H,16,17)(H2,12,13,18)/t8-/m0/s1. The number of ether oxygens (including phenoxy) is 1. The second kappa shape index (κ2) is 10.1. The average molecular weight is 276 g/mol. The lowest BCUT2D eigenvalue weighted by atomic mass is 10.1. The fourth-order valence-electron chi connectivity index (χ4n) is 1.31. The molecule has 0 saturated heterocycles. The largest absolute Gasteiger partial charge is 0.481 e. The Kier molecular flexibility index (Phi) is 9.15. The molecule has 0 rings (SSSR count). The van der Waals surface area contributed by atoms with Crippen molar-refractivity contribution in [2.75, 3.05) is 20.3 Å². The van der Waals surface area contributed by atoms with E-state index in [0.717, 1.165) is 6.42 Å². The van der Waals surface area contributed by atoms with Crippen LogP contribution in [0.2, 0.25) is 0 Å². The summed E-state index contributed by atoms with van der Waals surface area (Å²) in [4.78, 5) is 32.5.